The van der Waals surface area contributed by atoms with Crippen molar-refractivity contribution in [3.05, 3.63) is 5.51 Å². The predicted molar refractivity (Wildman–Crippen MR) is 71.4 cm³/mol. The molecule has 0 aromatic carbocycles. The van der Waals surface area contributed by atoms with E-state index in [9.17, 15) is 8.42 Å². The number of sulfone groups is 1. The molecule has 0 aliphatic carbocycles. The van der Waals surface area contributed by atoms with Crippen molar-refractivity contribution in [1.29, 1.82) is 0 Å². The Labute approximate surface area is 114 Å². The minimum Gasteiger partial charge on any atom is -0.378 e. The van der Waals surface area contributed by atoms with Crippen LogP contribution in [0, 0.1) is 0 Å². The Kier molecular flexibility index (Phi) is 3.11. The minimum absolute atomic E-state index is 0.174. The van der Waals surface area contributed by atoms with Crippen LogP contribution < -0.4 is 4.90 Å². The number of ether oxygens (including phenoxy) is 1. The number of morpholine rings is 1. The van der Waals surface area contributed by atoms with Gasteiger partial charge in [0.05, 0.1) is 18.7 Å². The van der Waals surface area contributed by atoms with Crippen LogP contribution in [0.3, 0.4) is 0 Å². The molecule has 19 heavy (non-hydrogen) atoms. The Morgan fingerprint density at radius 2 is 2.05 bits per heavy atom. The molecule has 3 rings (SSSR count). The number of nitrogens with zero attached hydrogens (tertiary/aromatic N) is 4. The molecule has 9 heteroatoms. The van der Waals surface area contributed by atoms with Crippen LogP contribution in [0.25, 0.3) is 10.3 Å². The van der Waals surface area contributed by atoms with E-state index in [-0.39, 0.29) is 5.16 Å². The van der Waals surface area contributed by atoms with Gasteiger partial charge in [0.1, 0.15) is 4.70 Å². The van der Waals surface area contributed by atoms with Crippen LogP contribution in [0.15, 0.2) is 10.7 Å². The van der Waals surface area contributed by atoms with Gasteiger partial charge in [0, 0.05) is 19.3 Å². The van der Waals surface area contributed by atoms with E-state index in [1.807, 2.05) is 4.90 Å². The van der Waals surface area contributed by atoms with Gasteiger partial charge in [-0.25, -0.2) is 13.4 Å². The number of anilines is 1. The highest BCUT2D eigenvalue weighted by Gasteiger charge is 2.22. The fourth-order valence-corrected chi connectivity index (χ4v) is 3.13. The highest BCUT2D eigenvalue weighted by Crippen LogP contribution is 2.28. The zero-order chi connectivity index (χ0) is 13.5. The van der Waals surface area contributed by atoms with E-state index in [2.05, 4.69) is 15.0 Å². The molecule has 0 unspecified atom stereocenters. The molecule has 0 N–H and O–H groups in total. The van der Waals surface area contributed by atoms with E-state index >= 15 is 0 Å². The third kappa shape index (κ3) is 2.40. The second-order valence-electron chi connectivity index (χ2n) is 4.21. The molecule has 0 bridgehead atoms. The molecular formula is C10H12N4O3S2. The summed E-state index contributed by atoms with van der Waals surface area (Å²) in [5.41, 5.74) is 2.08. The maximum atomic E-state index is 11.6. The average Bonchev–Trinajstić information content (AvgIpc) is 2.85. The lowest BCUT2D eigenvalue weighted by atomic mass is 10.4. The molecule has 1 fully saturated rings. The summed E-state index contributed by atoms with van der Waals surface area (Å²) in [5.74, 6) is 0.635. The van der Waals surface area contributed by atoms with Crippen LogP contribution in [0.2, 0.25) is 0 Å². The molecule has 0 amide bonds. The maximum absolute atomic E-state index is 11.6. The first kappa shape index (κ1) is 12.7. The van der Waals surface area contributed by atoms with Gasteiger partial charge in [-0.3, -0.25) is 0 Å². The van der Waals surface area contributed by atoms with E-state index in [0.717, 1.165) is 11.0 Å². The van der Waals surface area contributed by atoms with Crippen molar-refractivity contribution in [2.75, 3.05) is 37.5 Å². The standard InChI is InChI=1S/C10H12N4O3S2/c1-19(15,16)10-12-8-7(18-6-11-8)9(13-10)14-2-4-17-5-3-14/h6H,2-5H2,1H3. The molecule has 2 aromatic rings. The number of hydrogen-bond donors (Lipinski definition) is 0. The summed E-state index contributed by atoms with van der Waals surface area (Å²) >= 11 is 1.41. The molecule has 1 saturated heterocycles. The Hall–Kier alpha value is -1.32. The molecule has 1 aliphatic rings. The lowest BCUT2D eigenvalue weighted by Crippen LogP contribution is -2.37. The molecule has 7 nitrogen and oxygen atoms in total. The first-order chi connectivity index (χ1) is 9.05. The number of rotatable bonds is 2. The Bertz CT molecular complexity index is 707. The number of aromatic nitrogens is 3. The van der Waals surface area contributed by atoms with E-state index in [1.165, 1.54) is 11.3 Å². The zero-order valence-electron chi connectivity index (χ0n) is 10.2. The summed E-state index contributed by atoms with van der Waals surface area (Å²) < 4.78 is 29.4. The van der Waals surface area contributed by atoms with Gasteiger partial charge in [-0.05, 0) is 0 Å². The summed E-state index contributed by atoms with van der Waals surface area (Å²) in [5, 5.41) is -0.174. The summed E-state index contributed by atoms with van der Waals surface area (Å²) in [6.07, 6.45) is 1.10. The molecule has 2 aromatic heterocycles. The van der Waals surface area contributed by atoms with Crippen LogP contribution >= 0.6 is 11.3 Å². The fraction of sp³-hybridized carbons (Fsp3) is 0.500. The van der Waals surface area contributed by atoms with Crippen molar-refractivity contribution in [3.8, 4) is 0 Å². The number of fused-ring (bicyclic) bond motifs is 1. The lowest BCUT2D eigenvalue weighted by molar-refractivity contribution is 0.122. The summed E-state index contributed by atoms with van der Waals surface area (Å²) in [4.78, 5) is 14.3. The van der Waals surface area contributed by atoms with Crippen molar-refractivity contribution in [2.24, 2.45) is 0 Å². The second-order valence-corrected chi connectivity index (χ2v) is 6.97. The third-order valence-electron chi connectivity index (χ3n) is 2.80. The van der Waals surface area contributed by atoms with Gasteiger partial charge in [-0.2, -0.15) is 9.97 Å². The van der Waals surface area contributed by atoms with Crippen LogP contribution in [-0.4, -0.2) is 55.9 Å². The Morgan fingerprint density at radius 3 is 2.74 bits per heavy atom. The van der Waals surface area contributed by atoms with Gasteiger partial charge in [-0.15, -0.1) is 11.3 Å². The normalized spacial score (nSPS) is 17.0. The van der Waals surface area contributed by atoms with Crippen molar-refractivity contribution >= 4 is 37.3 Å². The molecule has 0 saturated carbocycles. The van der Waals surface area contributed by atoms with Gasteiger partial charge < -0.3 is 9.64 Å². The molecule has 0 atom stereocenters. The minimum atomic E-state index is -3.45. The van der Waals surface area contributed by atoms with Gasteiger partial charge in [0.2, 0.25) is 9.84 Å². The van der Waals surface area contributed by atoms with Gasteiger partial charge in [0.25, 0.3) is 5.16 Å². The SMILES string of the molecule is CS(=O)(=O)c1nc(N2CCOCC2)c2scnc2n1. The molecule has 3 heterocycles. The molecular weight excluding hydrogens is 288 g/mol. The Morgan fingerprint density at radius 1 is 1.32 bits per heavy atom. The highest BCUT2D eigenvalue weighted by molar-refractivity contribution is 7.90. The van der Waals surface area contributed by atoms with E-state index < -0.39 is 9.84 Å². The van der Waals surface area contributed by atoms with Gasteiger partial charge >= 0.3 is 0 Å². The smallest absolute Gasteiger partial charge is 0.250 e. The van der Waals surface area contributed by atoms with Crippen molar-refractivity contribution in [1.82, 2.24) is 15.0 Å². The highest BCUT2D eigenvalue weighted by atomic mass is 32.2. The predicted octanol–water partition coefficient (Wildman–Crippen LogP) is 0.326. The largest absolute Gasteiger partial charge is 0.378 e. The van der Waals surface area contributed by atoms with E-state index in [0.29, 0.717) is 37.8 Å². The number of thiazole rings is 1. The average molecular weight is 300 g/mol. The van der Waals surface area contributed by atoms with Gasteiger partial charge in [0.15, 0.2) is 11.5 Å². The first-order valence-corrected chi connectivity index (χ1v) is 8.47. The van der Waals surface area contributed by atoms with Crippen LogP contribution in [-0.2, 0) is 14.6 Å². The second kappa shape index (κ2) is 4.66. The molecule has 0 radical (unpaired) electrons. The number of hydrogen-bond acceptors (Lipinski definition) is 8. The molecule has 1 aliphatic heterocycles. The quantitative estimate of drug-likeness (QED) is 0.739. The monoisotopic (exact) mass is 300 g/mol. The lowest BCUT2D eigenvalue weighted by Gasteiger charge is -2.28. The van der Waals surface area contributed by atoms with Crippen molar-refractivity contribution < 1.29 is 13.2 Å². The van der Waals surface area contributed by atoms with Gasteiger partial charge in [-0.1, -0.05) is 0 Å². The topological polar surface area (TPSA) is 85.3 Å². The Balaban J connectivity index is 2.18. The first-order valence-electron chi connectivity index (χ1n) is 5.70. The maximum Gasteiger partial charge on any atom is 0.250 e. The van der Waals surface area contributed by atoms with E-state index in [4.69, 9.17) is 4.74 Å². The molecule has 0 spiro atoms. The fourth-order valence-electron chi connectivity index (χ4n) is 1.88. The van der Waals surface area contributed by atoms with Crippen molar-refractivity contribution in [2.45, 2.75) is 5.16 Å². The van der Waals surface area contributed by atoms with Crippen LogP contribution in [0.1, 0.15) is 0 Å². The summed E-state index contributed by atoms with van der Waals surface area (Å²) in [6, 6.07) is 0. The summed E-state index contributed by atoms with van der Waals surface area (Å²) in [7, 11) is -3.45. The van der Waals surface area contributed by atoms with E-state index in [1.54, 1.807) is 5.51 Å². The third-order valence-corrected chi connectivity index (χ3v) is 4.45. The van der Waals surface area contributed by atoms with Crippen molar-refractivity contribution in [3.63, 3.8) is 0 Å². The zero-order valence-corrected chi connectivity index (χ0v) is 11.9. The van der Waals surface area contributed by atoms with Crippen LogP contribution in [0.5, 0.6) is 0 Å². The summed E-state index contributed by atoms with van der Waals surface area (Å²) in [6.45, 7) is 2.59. The van der Waals surface area contributed by atoms with Crippen LogP contribution in [0.4, 0.5) is 5.82 Å². The molecule has 102 valence electrons.